The van der Waals surface area contributed by atoms with E-state index in [4.69, 9.17) is 10.8 Å². The van der Waals surface area contributed by atoms with Crippen molar-refractivity contribution < 1.29 is 9.21 Å². The molecule has 0 radical (unpaired) electrons. The molecule has 0 saturated heterocycles. The van der Waals surface area contributed by atoms with Gasteiger partial charge < -0.3 is 9.73 Å². The number of hydrogen-bond acceptors (Lipinski definition) is 2. The van der Waals surface area contributed by atoms with Gasteiger partial charge in [-0.1, -0.05) is 0 Å². The Morgan fingerprint density at radius 2 is 2.53 bits per heavy atom. The number of furan rings is 1. The van der Waals surface area contributed by atoms with Gasteiger partial charge in [0.2, 0.25) is 5.91 Å². The molecule has 0 bridgehead atoms. The van der Waals surface area contributed by atoms with Gasteiger partial charge in [-0.2, -0.15) is 0 Å². The SMILES string of the molecule is C#CCCCNC(=O)/C=C/c1ccco1. The first-order chi connectivity index (χ1) is 7.33. The highest BCUT2D eigenvalue weighted by molar-refractivity contribution is 5.91. The van der Waals surface area contributed by atoms with Crippen LogP contribution in [-0.4, -0.2) is 12.5 Å². The molecule has 1 heterocycles. The van der Waals surface area contributed by atoms with Gasteiger partial charge in [-0.25, -0.2) is 0 Å². The lowest BCUT2D eigenvalue weighted by Crippen LogP contribution is -2.21. The average Bonchev–Trinajstić information content (AvgIpc) is 2.74. The fourth-order valence-electron chi connectivity index (χ4n) is 1.00. The Hall–Kier alpha value is -1.95. The van der Waals surface area contributed by atoms with E-state index < -0.39 is 0 Å². The lowest BCUT2D eigenvalue weighted by molar-refractivity contribution is -0.116. The number of terminal acetylenes is 1. The van der Waals surface area contributed by atoms with E-state index in [1.165, 1.54) is 6.08 Å². The molecule has 0 fully saturated rings. The largest absolute Gasteiger partial charge is 0.465 e. The zero-order chi connectivity index (χ0) is 10.9. The Labute approximate surface area is 89.2 Å². The number of nitrogens with one attached hydrogen (secondary N) is 1. The maximum atomic E-state index is 11.2. The van der Waals surface area contributed by atoms with E-state index in [1.54, 1.807) is 24.5 Å². The Kier molecular flexibility index (Phi) is 4.82. The van der Waals surface area contributed by atoms with Crippen molar-refractivity contribution >= 4 is 12.0 Å². The quantitative estimate of drug-likeness (QED) is 0.450. The second-order valence-corrected chi connectivity index (χ2v) is 2.95. The van der Waals surface area contributed by atoms with E-state index >= 15 is 0 Å². The molecule has 1 N–H and O–H groups in total. The third-order valence-corrected chi connectivity index (χ3v) is 1.74. The molecule has 3 heteroatoms. The number of amides is 1. The Morgan fingerprint density at radius 1 is 1.67 bits per heavy atom. The predicted molar refractivity (Wildman–Crippen MR) is 58.8 cm³/mol. The molecule has 1 aromatic heterocycles. The lowest BCUT2D eigenvalue weighted by atomic mass is 10.3. The molecule has 0 aromatic carbocycles. The molecule has 0 aliphatic heterocycles. The summed E-state index contributed by atoms with van der Waals surface area (Å²) in [6, 6.07) is 3.55. The standard InChI is InChI=1S/C12H13NO2/c1-2-3-4-9-13-12(14)8-7-11-6-5-10-15-11/h1,5-8,10H,3-4,9H2,(H,13,14)/b8-7+. The molecule has 0 spiro atoms. The molecule has 15 heavy (non-hydrogen) atoms. The summed E-state index contributed by atoms with van der Waals surface area (Å²) >= 11 is 0. The van der Waals surface area contributed by atoms with Gasteiger partial charge in [0, 0.05) is 19.0 Å². The molecular formula is C12H13NO2. The van der Waals surface area contributed by atoms with Crippen molar-refractivity contribution in [1.82, 2.24) is 5.32 Å². The van der Waals surface area contributed by atoms with Crippen LogP contribution < -0.4 is 5.32 Å². The van der Waals surface area contributed by atoms with Crippen LogP contribution >= 0.6 is 0 Å². The first kappa shape index (κ1) is 11.1. The fourth-order valence-corrected chi connectivity index (χ4v) is 1.00. The molecule has 3 nitrogen and oxygen atoms in total. The van der Waals surface area contributed by atoms with Gasteiger partial charge in [0.15, 0.2) is 0 Å². The highest BCUT2D eigenvalue weighted by Crippen LogP contribution is 2.01. The zero-order valence-electron chi connectivity index (χ0n) is 8.40. The van der Waals surface area contributed by atoms with Crippen molar-refractivity contribution in [3.63, 3.8) is 0 Å². The molecule has 0 aliphatic rings. The number of hydrogen-bond donors (Lipinski definition) is 1. The summed E-state index contributed by atoms with van der Waals surface area (Å²) in [5.74, 6) is 3.04. The van der Waals surface area contributed by atoms with E-state index in [1.807, 2.05) is 0 Å². The van der Waals surface area contributed by atoms with Gasteiger partial charge in [-0.05, 0) is 24.6 Å². The second kappa shape index (κ2) is 6.50. The van der Waals surface area contributed by atoms with Crippen molar-refractivity contribution in [1.29, 1.82) is 0 Å². The summed E-state index contributed by atoms with van der Waals surface area (Å²) in [6.45, 7) is 0.603. The summed E-state index contributed by atoms with van der Waals surface area (Å²) < 4.78 is 5.03. The van der Waals surface area contributed by atoms with Gasteiger partial charge in [0.05, 0.1) is 6.26 Å². The first-order valence-corrected chi connectivity index (χ1v) is 4.76. The minimum atomic E-state index is -0.136. The van der Waals surface area contributed by atoms with Crippen molar-refractivity contribution in [3.05, 3.63) is 30.2 Å². The average molecular weight is 203 g/mol. The van der Waals surface area contributed by atoms with Crippen LogP contribution in [0.2, 0.25) is 0 Å². The van der Waals surface area contributed by atoms with Crippen molar-refractivity contribution in [2.45, 2.75) is 12.8 Å². The monoisotopic (exact) mass is 203 g/mol. The minimum Gasteiger partial charge on any atom is -0.465 e. The van der Waals surface area contributed by atoms with Crippen molar-refractivity contribution in [2.24, 2.45) is 0 Å². The van der Waals surface area contributed by atoms with Gasteiger partial charge in [0.25, 0.3) is 0 Å². The van der Waals surface area contributed by atoms with E-state index in [9.17, 15) is 4.79 Å². The summed E-state index contributed by atoms with van der Waals surface area (Å²) in [5, 5.41) is 2.72. The molecule has 78 valence electrons. The summed E-state index contributed by atoms with van der Waals surface area (Å²) in [4.78, 5) is 11.2. The Morgan fingerprint density at radius 3 is 3.20 bits per heavy atom. The van der Waals surface area contributed by atoms with E-state index in [-0.39, 0.29) is 5.91 Å². The van der Waals surface area contributed by atoms with Gasteiger partial charge in [-0.3, -0.25) is 4.79 Å². The Balaban J connectivity index is 2.22. The smallest absolute Gasteiger partial charge is 0.244 e. The molecule has 1 amide bonds. The highest BCUT2D eigenvalue weighted by atomic mass is 16.3. The zero-order valence-corrected chi connectivity index (χ0v) is 8.40. The van der Waals surface area contributed by atoms with Crippen LogP contribution in [-0.2, 0) is 4.79 Å². The van der Waals surface area contributed by atoms with Gasteiger partial charge in [0.1, 0.15) is 5.76 Å². The van der Waals surface area contributed by atoms with Crippen molar-refractivity contribution in [2.75, 3.05) is 6.54 Å². The summed E-state index contributed by atoms with van der Waals surface area (Å²) in [7, 11) is 0. The number of rotatable bonds is 5. The third-order valence-electron chi connectivity index (χ3n) is 1.74. The summed E-state index contributed by atoms with van der Waals surface area (Å²) in [5.41, 5.74) is 0. The molecule has 0 atom stereocenters. The summed E-state index contributed by atoms with van der Waals surface area (Å²) in [6.07, 6.45) is 11.2. The third kappa shape index (κ3) is 4.72. The molecule has 0 unspecified atom stereocenters. The maximum Gasteiger partial charge on any atom is 0.244 e. The number of unbranched alkanes of at least 4 members (excludes halogenated alkanes) is 1. The van der Waals surface area contributed by atoms with Crippen LogP contribution in [0.5, 0.6) is 0 Å². The topological polar surface area (TPSA) is 42.2 Å². The van der Waals surface area contributed by atoms with Crippen LogP contribution in [0, 0.1) is 12.3 Å². The molecule has 0 aliphatic carbocycles. The van der Waals surface area contributed by atoms with Gasteiger partial charge >= 0.3 is 0 Å². The van der Waals surface area contributed by atoms with E-state index in [2.05, 4.69) is 11.2 Å². The number of carbonyl (C=O) groups is 1. The minimum absolute atomic E-state index is 0.136. The molecule has 0 saturated carbocycles. The lowest BCUT2D eigenvalue weighted by Gasteiger charge is -1.98. The molecule has 1 rings (SSSR count). The van der Waals surface area contributed by atoms with Crippen LogP contribution in [0.15, 0.2) is 28.9 Å². The van der Waals surface area contributed by atoms with Gasteiger partial charge in [-0.15, -0.1) is 12.3 Å². The van der Waals surface area contributed by atoms with Crippen molar-refractivity contribution in [3.8, 4) is 12.3 Å². The highest BCUT2D eigenvalue weighted by Gasteiger charge is 1.94. The van der Waals surface area contributed by atoms with Crippen LogP contribution in [0.1, 0.15) is 18.6 Å². The van der Waals surface area contributed by atoms with E-state index in [0.29, 0.717) is 18.7 Å². The number of carbonyl (C=O) groups excluding carboxylic acids is 1. The predicted octanol–water partition coefficient (Wildman–Crippen LogP) is 1.82. The van der Waals surface area contributed by atoms with Crippen LogP contribution in [0.4, 0.5) is 0 Å². The maximum absolute atomic E-state index is 11.2. The molecular weight excluding hydrogens is 190 g/mol. The molecule has 1 aromatic rings. The van der Waals surface area contributed by atoms with E-state index in [0.717, 1.165) is 6.42 Å². The second-order valence-electron chi connectivity index (χ2n) is 2.95. The normalized spacial score (nSPS) is 10.1. The Bertz CT molecular complexity index is 357. The fraction of sp³-hybridized carbons (Fsp3) is 0.250. The van der Waals surface area contributed by atoms with Crippen LogP contribution in [0.25, 0.3) is 6.08 Å². The first-order valence-electron chi connectivity index (χ1n) is 4.76. The van der Waals surface area contributed by atoms with Crippen LogP contribution in [0.3, 0.4) is 0 Å².